The van der Waals surface area contributed by atoms with Gasteiger partial charge in [0, 0.05) is 143 Å². The lowest BCUT2D eigenvalue weighted by molar-refractivity contribution is -0.120. The molecule has 2 unspecified atom stereocenters. The molecule has 7 N–H and O–H groups in total. The third-order valence-electron chi connectivity index (χ3n) is 22.5. The number of halogens is 9. The lowest BCUT2D eigenvalue weighted by atomic mass is 9.88. The fraction of sp³-hybridized carbons (Fsp3) is 0.211. The van der Waals surface area contributed by atoms with Gasteiger partial charge >= 0.3 is 19.6 Å². The van der Waals surface area contributed by atoms with Crippen LogP contribution in [-0.2, 0) is 14.4 Å². The molecule has 5 amide bonds. The summed E-state index contributed by atoms with van der Waals surface area (Å²) in [4.78, 5) is 116. The zero-order valence-electron chi connectivity index (χ0n) is 70.2. The van der Waals surface area contributed by atoms with Gasteiger partial charge in [-0.05, 0) is 130 Å². The minimum absolute atomic E-state index is 0.00223. The average Bonchev–Trinajstić information content (AvgIpc) is 1.62. The van der Waals surface area contributed by atoms with E-state index in [9.17, 15) is 64.7 Å². The van der Waals surface area contributed by atoms with E-state index in [0.29, 0.717) is 165 Å². The molecule has 0 aliphatic carbocycles. The number of primary amides is 2. The number of pyridine rings is 3. The predicted octanol–water partition coefficient (Wildman–Crippen LogP) is 16.2. The average molecular weight is 1890 g/mol. The van der Waals surface area contributed by atoms with Gasteiger partial charge in [0.25, 0.3) is 11.8 Å². The van der Waals surface area contributed by atoms with Gasteiger partial charge in [-0.3, -0.25) is 53.3 Å². The smallest absolute Gasteiger partial charge is 0.333 e. The van der Waals surface area contributed by atoms with Gasteiger partial charge in [-0.2, -0.15) is 46.9 Å². The first-order valence-corrected chi connectivity index (χ1v) is 42.2. The molecule has 0 saturated heterocycles. The Labute approximate surface area is 767 Å². The molecule has 3 aromatic carbocycles. The summed E-state index contributed by atoms with van der Waals surface area (Å²) in [5.41, 5.74) is 15.9. The van der Waals surface area contributed by atoms with Gasteiger partial charge in [-0.1, -0.05) is 90.1 Å². The van der Waals surface area contributed by atoms with Crippen molar-refractivity contribution in [2.75, 3.05) is 16.0 Å². The Morgan fingerprint density at radius 3 is 1.22 bits per heavy atom. The molecule has 134 heavy (non-hydrogen) atoms. The van der Waals surface area contributed by atoms with Crippen LogP contribution >= 0.6 is 34.8 Å². The van der Waals surface area contributed by atoms with E-state index in [4.69, 9.17) is 64.8 Å². The van der Waals surface area contributed by atoms with Crippen molar-refractivity contribution >= 4 is 87.0 Å². The molecule has 0 saturated carbocycles. The Morgan fingerprint density at radius 1 is 0.463 bits per heavy atom. The number of aromatic nitrogens is 18. The number of nitrogens with zero attached hydrogens (tertiary/aromatic N) is 19. The zero-order valence-corrected chi connectivity index (χ0v) is 72.5. The number of nitriles is 1. The minimum atomic E-state index is -2.97. The highest BCUT2D eigenvalue weighted by Gasteiger charge is 2.33. The molecule has 12 aromatic heterocycles. The lowest BCUT2D eigenvalue weighted by Crippen LogP contribution is -2.22. The van der Waals surface area contributed by atoms with Crippen molar-refractivity contribution in [3.63, 3.8) is 0 Å². The number of allylic oxidation sites excluding steroid dienone is 1. The fourth-order valence-electron chi connectivity index (χ4n) is 15.7. The number of hydrogen-bond donors (Lipinski definition) is 5. The Balaban J connectivity index is 0.000000146. The highest BCUT2D eigenvalue weighted by Crippen LogP contribution is 2.43. The molecule has 0 spiro atoms. The predicted molar refractivity (Wildman–Crippen MR) is 474 cm³/mol. The number of amides is 5. The summed E-state index contributed by atoms with van der Waals surface area (Å²) in [6, 6.07) is 29.8. The summed E-state index contributed by atoms with van der Waals surface area (Å²) in [5.74, 6) is -4.50. The van der Waals surface area contributed by atoms with Crippen molar-refractivity contribution in [3.8, 4) is 90.9 Å². The van der Waals surface area contributed by atoms with Crippen LogP contribution in [0.25, 0.3) is 90.4 Å². The lowest BCUT2D eigenvalue weighted by Gasteiger charge is -2.20. The van der Waals surface area contributed by atoms with Crippen LogP contribution in [0, 0.1) is 29.1 Å². The number of benzene rings is 3. The molecule has 44 heteroatoms. The highest BCUT2D eigenvalue weighted by atomic mass is 35.5. The molecular formula is C90H71Cl3F6N24O11. The van der Waals surface area contributed by atoms with E-state index < -0.39 is 66.5 Å². The second kappa shape index (κ2) is 39.0. The quantitative estimate of drug-likeness (QED) is 0.0631. The third-order valence-corrected chi connectivity index (χ3v) is 23.2. The van der Waals surface area contributed by atoms with E-state index in [0.717, 1.165) is 0 Å². The molecule has 15 aromatic rings. The molecule has 5 atom stereocenters. The first kappa shape index (κ1) is 91.4. The van der Waals surface area contributed by atoms with Crippen molar-refractivity contribution in [2.45, 2.75) is 104 Å². The second-order valence-electron chi connectivity index (χ2n) is 31.2. The summed E-state index contributed by atoms with van der Waals surface area (Å²) >= 11 is 18.8. The maximum absolute atomic E-state index is 13.9. The number of nitrogens with one attached hydrogen (secondary N) is 3. The second-order valence-corrected chi connectivity index (χ2v) is 32.5. The Morgan fingerprint density at radius 2 is 0.843 bits per heavy atom. The van der Waals surface area contributed by atoms with Gasteiger partial charge in [0.05, 0.1) is 112 Å². The molecule has 18 rings (SSSR count). The van der Waals surface area contributed by atoms with Crippen LogP contribution in [0.3, 0.4) is 0 Å². The SMILES string of the molecule is C[C@@H]1CC/C=C(/c2coc(-c3cc(Cl)ccc3-n3cc(C(N)=O)nn3)cc2=O)c2cc(ccn2)-c2c(cnn2C(F)F)NC1=O.C[C@@H]1CCCC(c2coc(-c3cc(Cl)ccc3-n3cc(C#N)nn3)cc2=O)c2cc(ccn2)-c2c(cnn2C(F)F)NC1=O.C[C@@H]1CCCC(c2coc(-c3cc(Cl)ccc3-n3cc(C(N)=O)nn3)cc2=O)c2cc(ccn2)-c2c(cnn2C(F)F)NC1=O. The third kappa shape index (κ3) is 19.3. The number of alkyl halides is 6. The number of hydrogen-bond acceptors (Lipinski definition) is 24. The van der Waals surface area contributed by atoms with E-state index >= 15 is 0 Å². The van der Waals surface area contributed by atoms with Gasteiger partial charge in [0.15, 0.2) is 33.4 Å². The van der Waals surface area contributed by atoms with E-state index in [2.05, 4.69) is 77.1 Å². The first-order valence-electron chi connectivity index (χ1n) is 41.1. The summed E-state index contributed by atoms with van der Waals surface area (Å²) in [6.45, 7) is -3.66. The van der Waals surface area contributed by atoms with Gasteiger partial charge in [-0.15, -0.1) is 15.3 Å². The Hall–Kier alpha value is -16.0. The van der Waals surface area contributed by atoms with Crippen LogP contribution in [0.2, 0.25) is 15.1 Å². The molecule has 35 nitrogen and oxygen atoms in total. The molecule has 0 radical (unpaired) electrons. The van der Waals surface area contributed by atoms with E-state index in [-0.39, 0.29) is 103 Å². The van der Waals surface area contributed by atoms with Crippen LogP contribution in [0.5, 0.6) is 0 Å². The number of fused-ring (bicyclic) bond motifs is 12. The van der Waals surface area contributed by atoms with E-state index in [1.165, 1.54) is 113 Å². The van der Waals surface area contributed by atoms with Crippen molar-refractivity contribution in [1.29, 1.82) is 5.26 Å². The molecule has 680 valence electrons. The molecule has 3 aliphatic heterocycles. The monoisotopic (exact) mass is 1880 g/mol. The van der Waals surface area contributed by atoms with E-state index in [1.54, 1.807) is 112 Å². The molecular weight excluding hydrogens is 1810 g/mol. The van der Waals surface area contributed by atoms with Gasteiger partial charge in [0.2, 0.25) is 17.7 Å². The molecule has 0 fully saturated rings. The van der Waals surface area contributed by atoms with Crippen molar-refractivity contribution in [2.24, 2.45) is 29.2 Å². The number of anilines is 3. The number of carbonyl (C=O) groups excluding carboxylic acids is 5. The minimum Gasteiger partial charge on any atom is -0.464 e. The summed E-state index contributed by atoms with van der Waals surface area (Å²) in [7, 11) is 0. The zero-order chi connectivity index (χ0) is 94.6. The van der Waals surface area contributed by atoms with Gasteiger partial charge in [-0.25, -0.2) is 28.1 Å². The van der Waals surface area contributed by atoms with E-state index in [1.807, 2.05) is 6.07 Å². The number of nitrogens with two attached hydrogens (primary N) is 2. The normalized spacial score (nSPS) is 16.7. The summed E-state index contributed by atoms with van der Waals surface area (Å²) in [6.07, 6.45) is 21.6. The van der Waals surface area contributed by atoms with Crippen LogP contribution < -0.4 is 43.7 Å². The topological polar surface area (TPSA) is 472 Å². The first-order chi connectivity index (χ1) is 64.4. The van der Waals surface area contributed by atoms with Crippen molar-refractivity contribution in [3.05, 3.63) is 286 Å². The Kier molecular flexibility index (Phi) is 26.6. The van der Waals surface area contributed by atoms with Gasteiger partial charge < -0.3 is 40.7 Å². The molecule has 3 aliphatic rings. The summed E-state index contributed by atoms with van der Waals surface area (Å²) in [5, 5.41) is 53.0. The summed E-state index contributed by atoms with van der Waals surface area (Å²) < 4.78 is 107. The number of rotatable bonds is 14. The van der Waals surface area contributed by atoms with Crippen molar-refractivity contribution in [1.82, 2.24) is 89.3 Å². The van der Waals surface area contributed by atoms with Crippen LogP contribution in [-0.4, -0.2) is 119 Å². The number of carbonyl (C=O) groups is 5. The maximum atomic E-state index is 13.9. The molecule has 15 heterocycles. The van der Waals surface area contributed by atoms with Crippen LogP contribution in [0.15, 0.2) is 217 Å². The Bertz CT molecular complexity index is 7380. The fourth-order valence-corrected chi connectivity index (χ4v) is 16.2. The maximum Gasteiger partial charge on any atom is 0.333 e. The van der Waals surface area contributed by atoms with Crippen LogP contribution in [0.4, 0.5) is 43.4 Å². The molecule has 6 bridgehead atoms. The van der Waals surface area contributed by atoms with Crippen molar-refractivity contribution < 1.29 is 63.6 Å². The largest absolute Gasteiger partial charge is 0.464 e. The van der Waals surface area contributed by atoms with Gasteiger partial charge in [0.1, 0.15) is 29.6 Å². The van der Waals surface area contributed by atoms with Crippen LogP contribution in [0.1, 0.15) is 164 Å². The standard InChI is InChI=1S/C30H25ClF2N8O4.C30H23ClF2N8O4.C30H23ClF2N8O3/c2*1-15-3-2-4-18(21-9-16(7-8-35-21)27-22(37-29(15)44)12-36-41(27)30(32)33)20-14-45-26(11-25(20)42)19-10-17(31)5-6-24(19)40-13-23(28(34)43)38-39-40;1-16-3-2-4-20(23-9-17(7-8-35-23)28-24(37-29(16)43)13-36-41(28)30(32)33)22-15-44-27(11-26(22)42)21-10-18(31)5-6-25(21)40-14-19(12-34)38-39-40/h5-15,18,30H,2-4H2,1H3,(H2,34,43)(H,37,44);4-15,30H,2-3H2,1H3,(H2,34,43)(H,37,44);5-11,13-16,20,30H,2-4H2,1H3,(H,37,43)/b;18-4-;/t15-,18?;15-;16-,20?/m111/s1. The highest BCUT2D eigenvalue weighted by molar-refractivity contribution is 6.31.